The summed E-state index contributed by atoms with van der Waals surface area (Å²) < 4.78 is 1.71. The first-order valence-corrected chi connectivity index (χ1v) is 5.61. The van der Waals surface area contributed by atoms with Gasteiger partial charge in [-0.3, -0.25) is 14.2 Å². The normalized spacial score (nSPS) is 10.1. The van der Waals surface area contributed by atoms with Gasteiger partial charge in [-0.1, -0.05) is 0 Å². The molecule has 0 saturated heterocycles. The largest absolute Gasteiger partial charge is 0.481 e. The Morgan fingerprint density at radius 2 is 2.21 bits per heavy atom. The van der Waals surface area contributed by atoms with E-state index in [-0.39, 0.29) is 18.9 Å². The molecule has 7 heteroatoms. The third-order valence-electron chi connectivity index (χ3n) is 2.40. The number of carbonyl (C=O) groups excluding carboxylic acids is 1. The number of hydrogen-bond acceptors (Lipinski definition) is 4. The quantitative estimate of drug-likeness (QED) is 0.814. The minimum atomic E-state index is -0.950. The van der Waals surface area contributed by atoms with Gasteiger partial charge in [-0.25, -0.2) is 9.97 Å². The molecule has 2 N–H and O–H groups in total. The topological polar surface area (TPSA) is 97.1 Å². The zero-order valence-electron chi connectivity index (χ0n) is 9.98. The number of carboxylic acid groups (broad SMARTS) is 1. The van der Waals surface area contributed by atoms with Gasteiger partial charge < -0.3 is 10.4 Å². The van der Waals surface area contributed by atoms with E-state index < -0.39 is 5.97 Å². The van der Waals surface area contributed by atoms with Gasteiger partial charge in [0, 0.05) is 25.1 Å². The third-order valence-corrected chi connectivity index (χ3v) is 2.40. The lowest BCUT2D eigenvalue weighted by molar-refractivity contribution is -0.136. The second-order valence-electron chi connectivity index (χ2n) is 3.77. The number of amides is 1. The van der Waals surface area contributed by atoms with Gasteiger partial charge in [0.05, 0.1) is 12.0 Å². The number of nitrogens with one attached hydrogen (secondary N) is 1. The zero-order chi connectivity index (χ0) is 13.7. The Labute approximate surface area is 108 Å². The summed E-state index contributed by atoms with van der Waals surface area (Å²) in [5, 5.41) is 11.0. The van der Waals surface area contributed by atoms with Crippen LogP contribution in [0.4, 0.5) is 0 Å². The number of nitrogens with zero attached hydrogens (tertiary/aromatic N) is 3. The Kier molecular flexibility index (Phi) is 3.87. The maximum atomic E-state index is 11.7. The molecule has 7 nitrogen and oxygen atoms in total. The lowest BCUT2D eigenvalue weighted by Gasteiger charge is -2.04. The molecular formula is C12H12N4O3. The number of aromatic nitrogens is 3. The first-order valence-electron chi connectivity index (χ1n) is 5.61. The number of rotatable bonds is 5. The average Bonchev–Trinajstić information content (AvgIpc) is 2.92. The molecule has 0 bridgehead atoms. The van der Waals surface area contributed by atoms with E-state index in [0.717, 1.165) is 0 Å². The summed E-state index contributed by atoms with van der Waals surface area (Å²) in [6, 6.07) is 3.31. The van der Waals surface area contributed by atoms with E-state index in [1.165, 1.54) is 6.20 Å². The van der Waals surface area contributed by atoms with Crippen molar-refractivity contribution in [2.75, 3.05) is 6.54 Å². The van der Waals surface area contributed by atoms with E-state index in [1.54, 1.807) is 35.4 Å². The molecule has 98 valence electrons. The van der Waals surface area contributed by atoms with Gasteiger partial charge >= 0.3 is 5.97 Å². The highest BCUT2D eigenvalue weighted by molar-refractivity contribution is 5.94. The number of aliphatic carboxylic acids is 1. The molecule has 19 heavy (non-hydrogen) atoms. The van der Waals surface area contributed by atoms with E-state index in [1.807, 2.05) is 0 Å². The first kappa shape index (κ1) is 12.7. The standard InChI is InChI=1S/C12H12N4O3/c17-11(18)3-4-14-12(19)9-1-2-10(15-7-9)16-6-5-13-8-16/h1-2,5-8H,3-4H2,(H,14,19)(H,17,18). The molecule has 0 unspecified atom stereocenters. The Morgan fingerprint density at radius 1 is 1.37 bits per heavy atom. The molecule has 2 aromatic heterocycles. The van der Waals surface area contributed by atoms with Crippen LogP contribution in [0.1, 0.15) is 16.8 Å². The second-order valence-corrected chi connectivity index (χ2v) is 3.77. The molecule has 0 spiro atoms. The van der Waals surface area contributed by atoms with E-state index in [0.29, 0.717) is 11.4 Å². The van der Waals surface area contributed by atoms with Gasteiger partial charge in [-0.05, 0) is 12.1 Å². The second kappa shape index (κ2) is 5.76. The fraction of sp³-hybridized carbons (Fsp3) is 0.167. The summed E-state index contributed by atoms with van der Waals surface area (Å²) in [5.74, 6) is -0.639. The molecule has 0 aliphatic carbocycles. The van der Waals surface area contributed by atoms with Crippen LogP contribution in [0, 0.1) is 0 Å². The number of carboxylic acids is 1. The van der Waals surface area contributed by atoms with Crippen molar-refractivity contribution in [3.05, 3.63) is 42.6 Å². The van der Waals surface area contributed by atoms with Crippen molar-refractivity contribution in [1.82, 2.24) is 19.9 Å². The Morgan fingerprint density at radius 3 is 2.79 bits per heavy atom. The molecule has 0 aromatic carbocycles. The fourth-order valence-corrected chi connectivity index (χ4v) is 1.45. The van der Waals surface area contributed by atoms with Gasteiger partial charge in [0.25, 0.3) is 5.91 Å². The van der Waals surface area contributed by atoms with E-state index in [9.17, 15) is 9.59 Å². The third kappa shape index (κ3) is 3.38. The summed E-state index contributed by atoms with van der Waals surface area (Å²) in [6.45, 7) is 0.0947. The van der Waals surface area contributed by atoms with E-state index in [2.05, 4.69) is 15.3 Å². The molecule has 0 saturated carbocycles. The summed E-state index contributed by atoms with van der Waals surface area (Å²) >= 11 is 0. The van der Waals surface area contributed by atoms with E-state index >= 15 is 0 Å². The Balaban J connectivity index is 1.98. The maximum Gasteiger partial charge on any atom is 0.305 e. The summed E-state index contributed by atoms with van der Waals surface area (Å²) in [7, 11) is 0. The smallest absolute Gasteiger partial charge is 0.305 e. The van der Waals surface area contributed by atoms with Gasteiger partial charge in [-0.15, -0.1) is 0 Å². The Bertz CT molecular complexity index is 563. The minimum Gasteiger partial charge on any atom is -0.481 e. The van der Waals surface area contributed by atoms with Crippen molar-refractivity contribution < 1.29 is 14.7 Å². The van der Waals surface area contributed by atoms with Gasteiger partial charge in [-0.2, -0.15) is 0 Å². The molecule has 0 radical (unpaired) electrons. The lowest BCUT2D eigenvalue weighted by atomic mass is 10.2. The van der Waals surface area contributed by atoms with Gasteiger partial charge in [0.2, 0.25) is 0 Å². The molecular weight excluding hydrogens is 248 g/mol. The van der Waals surface area contributed by atoms with Crippen LogP contribution in [0.5, 0.6) is 0 Å². The highest BCUT2D eigenvalue weighted by Gasteiger charge is 2.07. The van der Waals surface area contributed by atoms with Crippen molar-refractivity contribution in [2.45, 2.75) is 6.42 Å². The number of imidazole rings is 1. The monoisotopic (exact) mass is 260 g/mol. The minimum absolute atomic E-state index is 0.0947. The van der Waals surface area contributed by atoms with Crippen LogP contribution in [0.25, 0.3) is 5.82 Å². The van der Waals surface area contributed by atoms with Crippen LogP contribution in [0.3, 0.4) is 0 Å². The average molecular weight is 260 g/mol. The highest BCUT2D eigenvalue weighted by Crippen LogP contribution is 2.05. The van der Waals surface area contributed by atoms with Crippen LogP contribution in [-0.2, 0) is 4.79 Å². The molecule has 0 fully saturated rings. The van der Waals surface area contributed by atoms with Crippen LogP contribution in [0.2, 0.25) is 0 Å². The van der Waals surface area contributed by atoms with Crippen molar-refractivity contribution in [3.63, 3.8) is 0 Å². The molecule has 0 aliphatic rings. The molecule has 0 aliphatic heterocycles. The number of carbonyl (C=O) groups is 2. The van der Waals surface area contributed by atoms with Crippen molar-refractivity contribution in [2.24, 2.45) is 0 Å². The first-order chi connectivity index (χ1) is 9.16. The van der Waals surface area contributed by atoms with Crippen LogP contribution >= 0.6 is 0 Å². The maximum absolute atomic E-state index is 11.7. The molecule has 2 heterocycles. The SMILES string of the molecule is O=C(O)CCNC(=O)c1ccc(-n2ccnc2)nc1. The highest BCUT2D eigenvalue weighted by atomic mass is 16.4. The number of hydrogen-bond donors (Lipinski definition) is 2. The Hall–Kier alpha value is -2.70. The van der Waals surface area contributed by atoms with Crippen molar-refractivity contribution in [3.8, 4) is 5.82 Å². The number of pyridine rings is 1. The fourth-order valence-electron chi connectivity index (χ4n) is 1.45. The molecule has 0 atom stereocenters. The van der Waals surface area contributed by atoms with E-state index in [4.69, 9.17) is 5.11 Å². The van der Waals surface area contributed by atoms with Gasteiger partial charge in [0.15, 0.2) is 0 Å². The van der Waals surface area contributed by atoms with Crippen LogP contribution < -0.4 is 5.32 Å². The van der Waals surface area contributed by atoms with Crippen LogP contribution in [0.15, 0.2) is 37.1 Å². The molecule has 1 amide bonds. The summed E-state index contributed by atoms with van der Waals surface area (Å²) in [5.41, 5.74) is 0.384. The lowest BCUT2D eigenvalue weighted by Crippen LogP contribution is -2.26. The molecule has 2 rings (SSSR count). The predicted molar refractivity (Wildman–Crippen MR) is 65.9 cm³/mol. The van der Waals surface area contributed by atoms with Gasteiger partial charge in [0.1, 0.15) is 12.1 Å². The molecule has 2 aromatic rings. The summed E-state index contributed by atoms with van der Waals surface area (Å²) in [4.78, 5) is 30.0. The predicted octanol–water partition coefficient (Wildman–Crippen LogP) is 0.472. The zero-order valence-corrected chi connectivity index (χ0v) is 9.98. The summed E-state index contributed by atoms with van der Waals surface area (Å²) in [6.07, 6.45) is 6.32. The van der Waals surface area contributed by atoms with Crippen LogP contribution in [-0.4, -0.2) is 38.1 Å². The van der Waals surface area contributed by atoms with Crippen molar-refractivity contribution >= 4 is 11.9 Å². The van der Waals surface area contributed by atoms with Crippen molar-refractivity contribution in [1.29, 1.82) is 0 Å².